The van der Waals surface area contributed by atoms with Crippen molar-refractivity contribution in [3.63, 3.8) is 0 Å². The third-order valence-electron chi connectivity index (χ3n) is 1.13. The molecule has 1 unspecified atom stereocenters. The molecule has 0 rings (SSSR count). The van der Waals surface area contributed by atoms with Crippen LogP contribution in [0.2, 0.25) is 0 Å². The lowest BCUT2D eigenvalue weighted by Gasteiger charge is -2.03. The van der Waals surface area contributed by atoms with Crippen LogP contribution in [0.5, 0.6) is 0 Å². The summed E-state index contributed by atoms with van der Waals surface area (Å²) in [6.07, 6.45) is 2.98. The monoisotopic (exact) mass is 196 g/mol. The van der Waals surface area contributed by atoms with E-state index in [0.717, 1.165) is 0 Å². The maximum absolute atomic E-state index is 10.7. The first-order chi connectivity index (χ1) is 5.22. The average molecular weight is 197 g/mol. The van der Waals surface area contributed by atoms with Gasteiger partial charge in [-0.05, 0) is 12.8 Å². The topological polar surface area (TPSA) is 26.3 Å². The molecule has 0 aromatic heterocycles. The second-order valence-electron chi connectivity index (χ2n) is 1.93. The second kappa shape index (κ2) is 6.50. The number of allylic oxidation sites excluding steroid dienone is 1. The van der Waals surface area contributed by atoms with Gasteiger partial charge >= 0.3 is 5.97 Å². The molecule has 1 atom stereocenters. The number of alkyl halides is 1. The Hall–Kier alpha value is -0.210. The van der Waals surface area contributed by atoms with Crippen LogP contribution >= 0.6 is 23.2 Å². The standard InChI is InChI=1S/C7H10Cl2O2/c1-11-7(10)6(9)4-2-3-5-8/h3,5-6H,2,4H2,1H3/b5-3+. The van der Waals surface area contributed by atoms with Crippen LogP contribution in [-0.2, 0) is 9.53 Å². The van der Waals surface area contributed by atoms with Crippen molar-refractivity contribution in [1.29, 1.82) is 0 Å². The zero-order valence-electron chi connectivity index (χ0n) is 6.22. The highest BCUT2D eigenvalue weighted by Gasteiger charge is 2.13. The number of hydrogen-bond acceptors (Lipinski definition) is 2. The van der Waals surface area contributed by atoms with Crippen molar-refractivity contribution in [3.8, 4) is 0 Å². The Labute approximate surface area is 76.1 Å². The number of carbonyl (C=O) groups is 1. The Morgan fingerprint density at radius 1 is 1.73 bits per heavy atom. The summed E-state index contributed by atoms with van der Waals surface area (Å²) in [6, 6.07) is 0. The fourth-order valence-electron chi connectivity index (χ4n) is 0.551. The number of hydrogen-bond donors (Lipinski definition) is 0. The molecule has 0 saturated heterocycles. The minimum atomic E-state index is -0.562. The van der Waals surface area contributed by atoms with Gasteiger partial charge < -0.3 is 4.74 Å². The van der Waals surface area contributed by atoms with Gasteiger partial charge in [0.25, 0.3) is 0 Å². The minimum Gasteiger partial charge on any atom is -0.468 e. The van der Waals surface area contributed by atoms with Gasteiger partial charge in [-0.15, -0.1) is 11.6 Å². The van der Waals surface area contributed by atoms with Crippen molar-refractivity contribution in [2.45, 2.75) is 18.2 Å². The van der Waals surface area contributed by atoms with Crippen LogP contribution in [0.25, 0.3) is 0 Å². The molecule has 0 amide bonds. The molecular weight excluding hydrogens is 187 g/mol. The van der Waals surface area contributed by atoms with Gasteiger partial charge in [0.2, 0.25) is 0 Å². The summed E-state index contributed by atoms with van der Waals surface area (Å²) in [4.78, 5) is 10.7. The predicted octanol–water partition coefficient (Wildman–Crippen LogP) is 2.30. The third kappa shape index (κ3) is 5.10. The van der Waals surface area contributed by atoms with Crippen LogP contribution in [0.4, 0.5) is 0 Å². The third-order valence-corrected chi connectivity index (χ3v) is 1.71. The molecule has 0 aliphatic carbocycles. The number of carbonyl (C=O) groups excluding carboxylic acids is 1. The second-order valence-corrected chi connectivity index (χ2v) is 2.71. The summed E-state index contributed by atoms with van der Waals surface area (Å²) >= 11 is 10.9. The molecule has 0 radical (unpaired) electrons. The molecular formula is C7H10Cl2O2. The van der Waals surface area contributed by atoms with Gasteiger partial charge in [-0.25, -0.2) is 0 Å². The van der Waals surface area contributed by atoms with Gasteiger partial charge in [0.1, 0.15) is 5.38 Å². The molecule has 0 aromatic rings. The summed E-state index contributed by atoms with van der Waals surface area (Å²) in [5, 5.41) is -0.562. The van der Waals surface area contributed by atoms with E-state index < -0.39 is 11.3 Å². The first-order valence-electron chi connectivity index (χ1n) is 3.19. The van der Waals surface area contributed by atoms with Gasteiger partial charge in [-0.3, -0.25) is 4.79 Å². The van der Waals surface area contributed by atoms with Crippen LogP contribution < -0.4 is 0 Å². The van der Waals surface area contributed by atoms with Crippen molar-refractivity contribution < 1.29 is 9.53 Å². The maximum atomic E-state index is 10.7. The van der Waals surface area contributed by atoms with E-state index in [1.54, 1.807) is 6.08 Å². The first-order valence-corrected chi connectivity index (χ1v) is 4.06. The number of esters is 1. The van der Waals surface area contributed by atoms with E-state index in [2.05, 4.69) is 4.74 Å². The van der Waals surface area contributed by atoms with Crippen molar-refractivity contribution in [1.82, 2.24) is 0 Å². The summed E-state index contributed by atoms with van der Waals surface area (Å²) in [7, 11) is 1.31. The van der Waals surface area contributed by atoms with Crippen LogP contribution in [0, 0.1) is 0 Å². The molecule has 0 aromatic carbocycles. The molecule has 0 bridgehead atoms. The molecule has 0 aliphatic rings. The van der Waals surface area contributed by atoms with Gasteiger partial charge in [0.15, 0.2) is 0 Å². The van der Waals surface area contributed by atoms with Crippen LogP contribution in [0.1, 0.15) is 12.8 Å². The molecule has 4 heteroatoms. The number of ether oxygens (including phenoxy) is 1. The zero-order chi connectivity index (χ0) is 8.69. The van der Waals surface area contributed by atoms with Gasteiger partial charge in [0.05, 0.1) is 7.11 Å². The lowest BCUT2D eigenvalue weighted by Crippen LogP contribution is -2.15. The fraction of sp³-hybridized carbons (Fsp3) is 0.571. The Bertz CT molecular complexity index is 145. The van der Waals surface area contributed by atoms with Crippen LogP contribution in [0.3, 0.4) is 0 Å². The lowest BCUT2D eigenvalue weighted by molar-refractivity contribution is -0.140. The summed E-state index contributed by atoms with van der Waals surface area (Å²) in [6.45, 7) is 0. The molecule has 11 heavy (non-hydrogen) atoms. The van der Waals surface area contributed by atoms with E-state index in [0.29, 0.717) is 12.8 Å². The quantitative estimate of drug-likeness (QED) is 0.510. The normalized spacial score (nSPS) is 13.4. The van der Waals surface area contributed by atoms with Crippen molar-refractivity contribution in [3.05, 3.63) is 11.6 Å². The molecule has 0 aliphatic heterocycles. The Morgan fingerprint density at radius 3 is 2.82 bits per heavy atom. The highest BCUT2D eigenvalue weighted by Crippen LogP contribution is 2.07. The van der Waals surface area contributed by atoms with Crippen molar-refractivity contribution >= 4 is 29.2 Å². The van der Waals surface area contributed by atoms with Gasteiger partial charge in [0, 0.05) is 5.54 Å². The zero-order valence-corrected chi connectivity index (χ0v) is 7.73. The molecule has 0 N–H and O–H groups in total. The number of rotatable bonds is 4. The smallest absolute Gasteiger partial charge is 0.323 e. The Morgan fingerprint density at radius 2 is 2.36 bits per heavy atom. The van der Waals surface area contributed by atoms with Crippen molar-refractivity contribution in [2.24, 2.45) is 0 Å². The largest absolute Gasteiger partial charge is 0.468 e. The Kier molecular flexibility index (Phi) is 6.37. The molecule has 64 valence electrons. The van der Waals surface area contributed by atoms with Crippen LogP contribution in [0.15, 0.2) is 11.6 Å². The van der Waals surface area contributed by atoms with E-state index in [1.807, 2.05) is 0 Å². The number of methoxy groups -OCH3 is 1. The van der Waals surface area contributed by atoms with E-state index in [1.165, 1.54) is 12.6 Å². The molecule has 0 heterocycles. The highest BCUT2D eigenvalue weighted by atomic mass is 35.5. The molecule has 0 fully saturated rings. The van der Waals surface area contributed by atoms with Gasteiger partial charge in [-0.1, -0.05) is 17.7 Å². The Balaban J connectivity index is 3.51. The van der Waals surface area contributed by atoms with E-state index in [9.17, 15) is 4.79 Å². The summed E-state index contributed by atoms with van der Waals surface area (Å²) in [5.41, 5.74) is 1.40. The predicted molar refractivity (Wildman–Crippen MR) is 45.9 cm³/mol. The van der Waals surface area contributed by atoms with Crippen molar-refractivity contribution in [2.75, 3.05) is 7.11 Å². The average Bonchev–Trinajstić information content (AvgIpc) is 2.03. The highest BCUT2D eigenvalue weighted by molar-refractivity contribution is 6.29. The molecule has 0 saturated carbocycles. The first kappa shape index (κ1) is 10.8. The summed E-state index contributed by atoms with van der Waals surface area (Å²) in [5.74, 6) is -0.394. The summed E-state index contributed by atoms with van der Waals surface area (Å²) < 4.78 is 4.41. The van der Waals surface area contributed by atoms with E-state index in [4.69, 9.17) is 23.2 Å². The SMILES string of the molecule is COC(=O)C(Cl)CC/C=C/Cl. The van der Waals surface area contributed by atoms with E-state index >= 15 is 0 Å². The maximum Gasteiger partial charge on any atom is 0.323 e. The minimum absolute atomic E-state index is 0.394. The number of halogens is 2. The van der Waals surface area contributed by atoms with Crippen LogP contribution in [-0.4, -0.2) is 18.5 Å². The molecule has 0 spiro atoms. The fourth-order valence-corrected chi connectivity index (χ4v) is 0.892. The molecule has 2 nitrogen and oxygen atoms in total. The lowest BCUT2D eigenvalue weighted by atomic mass is 10.2. The van der Waals surface area contributed by atoms with E-state index in [-0.39, 0.29) is 0 Å². The van der Waals surface area contributed by atoms with Gasteiger partial charge in [-0.2, -0.15) is 0 Å².